The highest BCUT2D eigenvalue weighted by Gasteiger charge is 2.28. The van der Waals surface area contributed by atoms with Gasteiger partial charge in [0.2, 0.25) is 0 Å². The fraction of sp³-hybridized carbons (Fsp3) is 0.875. The molecule has 0 heterocycles. The zero-order valence-electron chi connectivity index (χ0n) is 6.76. The molecule has 1 aliphatic rings. The van der Waals surface area contributed by atoms with Crippen LogP contribution in [0.15, 0.2) is 4.99 Å². The summed E-state index contributed by atoms with van der Waals surface area (Å²) >= 11 is 0. The molecule has 0 saturated heterocycles. The monoisotopic (exact) mass is 141 g/mol. The third-order valence-corrected chi connectivity index (χ3v) is 1.63. The molecule has 0 bridgehead atoms. The predicted molar refractivity (Wildman–Crippen MR) is 42.3 cm³/mol. The Morgan fingerprint density at radius 1 is 1.60 bits per heavy atom. The summed E-state index contributed by atoms with van der Waals surface area (Å²) in [6, 6.07) is 0. The lowest BCUT2D eigenvalue weighted by molar-refractivity contribution is 0.384. The third-order valence-electron chi connectivity index (χ3n) is 1.63. The zero-order valence-corrected chi connectivity index (χ0v) is 6.76. The molecule has 0 radical (unpaired) electrons. The van der Waals surface area contributed by atoms with Crippen molar-refractivity contribution in [2.45, 2.75) is 26.2 Å². The van der Waals surface area contributed by atoms with Gasteiger partial charge in [0.05, 0.1) is 7.11 Å². The van der Waals surface area contributed by atoms with E-state index in [-0.39, 0.29) is 0 Å². The highest BCUT2D eigenvalue weighted by atomic mass is 16.5. The van der Waals surface area contributed by atoms with E-state index in [1.165, 1.54) is 12.8 Å². The molecule has 2 heteroatoms. The first-order chi connectivity index (χ1) is 4.88. The minimum atomic E-state index is 0.663. The predicted octanol–water partition coefficient (Wildman–Crippen LogP) is 1.85. The van der Waals surface area contributed by atoms with Crippen molar-refractivity contribution in [1.82, 2.24) is 0 Å². The highest BCUT2D eigenvalue weighted by molar-refractivity contribution is 5.80. The average molecular weight is 141 g/mol. The molecule has 1 fully saturated rings. The Bertz CT molecular complexity index is 127. The average Bonchev–Trinajstić information content (AvgIpc) is 2.73. The summed E-state index contributed by atoms with van der Waals surface area (Å²) in [5.74, 6) is 1.64. The van der Waals surface area contributed by atoms with E-state index in [1.54, 1.807) is 7.11 Å². The number of hydrogen-bond donors (Lipinski definition) is 0. The van der Waals surface area contributed by atoms with Crippen molar-refractivity contribution in [3.63, 3.8) is 0 Å². The minimum absolute atomic E-state index is 0.663. The van der Waals surface area contributed by atoms with E-state index in [0.29, 0.717) is 5.92 Å². The van der Waals surface area contributed by atoms with Crippen LogP contribution >= 0.6 is 0 Å². The number of nitrogens with zero attached hydrogens (tertiary/aromatic N) is 1. The molecule has 0 aromatic heterocycles. The maximum atomic E-state index is 5.13. The number of ether oxygens (including phenoxy) is 1. The van der Waals surface area contributed by atoms with Crippen molar-refractivity contribution in [2.24, 2.45) is 10.9 Å². The third kappa shape index (κ3) is 2.01. The van der Waals surface area contributed by atoms with Gasteiger partial charge < -0.3 is 4.74 Å². The lowest BCUT2D eigenvalue weighted by atomic mass is 10.4. The molecule has 58 valence electrons. The first-order valence-corrected chi connectivity index (χ1v) is 3.96. The molecule has 0 unspecified atom stereocenters. The Hall–Kier alpha value is -0.530. The molecule has 0 spiro atoms. The fourth-order valence-electron chi connectivity index (χ4n) is 0.913. The van der Waals surface area contributed by atoms with E-state index in [2.05, 4.69) is 11.9 Å². The van der Waals surface area contributed by atoms with Gasteiger partial charge in [-0.15, -0.1) is 0 Å². The standard InChI is InChI=1S/C8H15NO/c1-3-6-9-8(10-2)7-4-5-7/h7H,3-6H2,1-2H3. The van der Waals surface area contributed by atoms with Crippen molar-refractivity contribution in [1.29, 1.82) is 0 Å². The van der Waals surface area contributed by atoms with E-state index in [1.807, 2.05) is 0 Å². The molecule has 0 atom stereocenters. The fourth-order valence-corrected chi connectivity index (χ4v) is 0.913. The highest BCUT2D eigenvalue weighted by Crippen LogP contribution is 2.30. The second kappa shape index (κ2) is 3.59. The molecule has 2 nitrogen and oxygen atoms in total. The second-order valence-corrected chi connectivity index (χ2v) is 2.70. The summed E-state index contributed by atoms with van der Waals surface area (Å²) in [6.45, 7) is 3.04. The SMILES string of the molecule is CCCN=C(OC)C1CC1. The molecular formula is C8H15NO. The van der Waals surface area contributed by atoms with E-state index >= 15 is 0 Å². The van der Waals surface area contributed by atoms with Crippen LogP contribution in [-0.4, -0.2) is 19.6 Å². The van der Waals surface area contributed by atoms with Crippen molar-refractivity contribution in [2.75, 3.05) is 13.7 Å². The zero-order chi connectivity index (χ0) is 7.40. The maximum absolute atomic E-state index is 5.13. The molecule has 0 aliphatic heterocycles. The topological polar surface area (TPSA) is 21.6 Å². The Morgan fingerprint density at radius 3 is 2.70 bits per heavy atom. The smallest absolute Gasteiger partial charge is 0.186 e. The van der Waals surface area contributed by atoms with Crippen molar-refractivity contribution >= 4 is 5.90 Å². The molecule has 1 aliphatic carbocycles. The van der Waals surface area contributed by atoms with Gasteiger partial charge in [0, 0.05) is 12.5 Å². The van der Waals surface area contributed by atoms with E-state index in [0.717, 1.165) is 18.9 Å². The van der Waals surface area contributed by atoms with Crippen LogP contribution in [0.25, 0.3) is 0 Å². The van der Waals surface area contributed by atoms with Crippen LogP contribution in [-0.2, 0) is 4.74 Å². The van der Waals surface area contributed by atoms with E-state index in [4.69, 9.17) is 4.74 Å². The first-order valence-electron chi connectivity index (χ1n) is 3.96. The van der Waals surface area contributed by atoms with Crippen LogP contribution in [0, 0.1) is 5.92 Å². The van der Waals surface area contributed by atoms with Crippen LogP contribution in [0.2, 0.25) is 0 Å². The number of methoxy groups -OCH3 is 1. The number of rotatable bonds is 3. The summed E-state index contributed by atoms with van der Waals surface area (Å²) in [7, 11) is 1.72. The Kier molecular flexibility index (Phi) is 2.72. The van der Waals surface area contributed by atoms with Crippen LogP contribution in [0.4, 0.5) is 0 Å². The van der Waals surface area contributed by atoms with Crippen molar-refractivity contribution in [3.8, 4) is 0 Å². The van der Waals surface area contributed by atoms with Gasteiger partial charge >= 0.3 is 0 Å². The van der Waals surface area contributed by atoms with Gasteiger partial charge in [0.15, 0.2) is 5.90 Å². The minimum Gasteiger partial charge on any atom is -0.484 e. The van der Waals surface area contributed by atoms with Gasteiger partial charge in [-0.3, -0.25) is 4.99 Å². The maximum Gasteiger partial charge on any atom is 0.186 e. The van der Waals surface area contributed by atoms with Crippen LogP contribution in [0.3, 0.4) is 0 Å². The van der Waals surface area contributed by atoms with Gasteiger partial charge in [0.25, 0.3) is 0 Å². The van der Waals surface area contributed by atoms with Gasteiger partial charge in [-0.05, 0) is 19.3 Å². The summed E-state index contributed by atoms with van der Waals surface area (Å²) in [5.41, 5.74) is 0. The molecule has 0 amide bonds. The van der Waals surface area contributed by atoms with Gasteiger partial charge in [-0.25, -0.2) is 0 Å². The normalized spacial score (nSPS) is 19.2. The summed E-state index contributed by atoms with van der Waals surface area (Å²) < 4.78 is 5.13. The lowest BCUT2D eigenvalue weighted by Crippen LogP contribution is -2.04. The van der Waals surface area contributed by atoms with Crippen molar-refractivity contribution in [3.05, 3.63) is 0 Å². The van der Waals surface area contributed by atoms with Gasteiger partial charge in [0.1, 0.15) is 0 Å². The molecule has 0 aromatic rings. The van der Waals surface area contributed by atoms with Crippen molar-refractivity contribution < 1.29 is 4.74 Å². The largest absolute Gasteiger partial charge is 0.484 e. The Labute approximate surface area is 62.3 Å². The van der Waals surface area contributed by atoms with Crippen LogP contribution in [0.1, 0.15) is 26.2 Å². The quantitative estimate of drug-likeness (QED) is 0.434. The van der Waals surface area contributed by atoms with Gasteiger partial charge in [-0.1, -0.05) is 6.92 Å². The summed E-state index contributed by atoms with van der Waals surface area (Å²) in [4.78, 5) is 4.32. The first kappa shape index (κ1) is 7.58. The number of aliphatic imine (C=N–C) groups is 1. The Morgan fingerprint density at radius 2 is 2.30 bits per heavy atom. The van der Waals surface area contributed by atoms with Crippen LogP contribution in [0.5, 0.6) is 0 Å². The Balaban J connectivity index is 2.30. The number of hydrogen-bond acceptors (Lipinski definition) is 2. The molecule has 0 aromatic carbocycles. The van der Waals surface area contributed by atoms with Gasteiger partial charge in [-0.2, -0.15) is 0 Å². The molecule has 1 rings (SSSR count). The molecule has 0 N–H and O–H groups in total. The molecule has 1 saturated carbocycles. The molecular weight excluding hydrogens is 126 g/mol. The summed E-state index contributed by atoms with van der Waals surface area (Å²) in [6.07, 6.45) is 3.66. The van der Waals surface area contributed by atoms with Crippen LogP contribution < -0.4 is 0 Å². The summed E-state index contributed by atoms with van der Waals surface area (Å²) in [5, 5.41) is 0. The lowest BCUT2D eigenvalue weighted by Gasteiger charge is -2.00. The van der Waals surface area contributed by atoms with E-state index in [9.17, 15) is 0 Å². The second-order valence-electron chi connectivity index (χ2n) is 2.70. The van der Waals surface area contributed by atoms with E-state index < -0.39 is 0 Å². The molecule has 10 heavy (non-hydrogen) atoms.